The molecule has 0 bridgehead atoms. The maximum Gasteiger partial charge on any atom is 0.263 e. The van der Waals surface area contributed by atoms with Gasteiger partial charge in [-0.3, -0.25) is 24.3 Å². The maximum atomic E-state index is 13.2. The maximum absolute atomic E-state index is 13.2. The van der Waals surface area contributed by atoms with Crippen LogP contribution in [0.1, 0.15) is 33.6 Å². The lowest BCUT2D eigenvalue weighted by Crippen LogP contribution is -2.32. The van der Waals surface area contributed by atoms with Gasteiger partial charge in [0.05, 0.1) is 11.1 Å². The monoisotopic (exact) mass is 439 g/mol. The number of carbonyl (C=O) groups is 2. The molecule has 0 fully saturated rings. The molecule has 1 aliphatic carbocycles. The lowest BCUT2D eigenvalue weighted by Gasteiger charge is -2.12. The van der Waals surface area contributed by atoms with Crippen LogP contribution in [0.4, 0.5) is 0 Å². The predicted octanol–water partition coefficient (Wildman–Crippen LogP) is 3.57. The molecule has 1 aromatic carbocycles. The number of aromatic nitrogens is 2. The Bertz CT molecular complexity index is 1180. The normalized spacial score (nSPS) is 13.1. The van der Waals surface area contributed by atoms with Crippen LogP contribution < -0.4 is 10.9 Å². The quantitative estimate of drug-likeness (QED) is 0.361. The van der Waals surface area contributed by atoms with Crippen LogP contribution in [0.3, 0.4) is 0 Å². The van der Waals surface area contributed by atoms with Gasteiger partial charge in [-0.25, -0.2) is 4.98 Å². The van der Waals surface area contributed by atoms with E-state index in [1.165, 1.54) is 4.88 Å². The SMILES string of the molecule is C=CCn1c(SCC(=O)NC(=O)c2ccccc2)nc2sc3c(c2c1=O)CCCC3. The number of hydrogen-bond donors (Lipinski definition) is 1. The number of hydrogen-bond acceptors (Lipinski definition) is 6. The van der Waals surface area contributed by atoms with Crippen molar-refractivity contribution in [3.63, 3.8) is 0 Å². The van der Waals surface area contributed by atoms with Crippen molar-refractivity contribution in [3.8, 4) is 0 Å². The fourth-order valence-electron chi connectivity index (χ4n) is 3.57. The third kappa shape index (κ3) is 4.11. The minimum absolute atomic E-state index is 0.0151. The van der Waals surface area contributed by atoms with Gasteiger partial charge in [0.2, 0.25) is 5.91 Å². The number of allylic oxidation sites excluding steroid dienone is 1. The van der Waals surface area contributed by atoms with Crippen LogP contribution in [0.2, 0.25) is 0 Å². The Balaban J connectivity index is 1.56. The summed E-state index contributed by atoms with van der Waals surface area (Å²) >= 11 is 2.73. The Morgan fingerprint density at radius 1 is 1.23 bits per heavy atom. The van der Waals surface area contributed by atoms with E-state index in [0.29, 0.717) is 22.7 Å². The summed E-state index contributed by atoms with van der Waals surface area (Å²) in [7, 11) is 0. The van der Waals surface area contributed by atoms with Crippen LogP contribution >= 0.6 is 23.1 Å². The number of carbonyl (C=O) groups excluding carboxylic acids is 2. The molecule has 6 nitrogen and oxygen atoms in total. The van der Waals surface area contributed by atoms with E-state index in [0.717, 1.165) is 47.8 Å². The fraction of sp³-hybridized carbons (Fsp3) is 0.273. The Labute approximate surface area is 182 Å². The van der Waals surface area contributed by atoms with Gasteiger partial charge in [0.1, 0.15) is 4.83 Å². The van der Waals surface area contributed by atoms with Gasteiger partial charge in [-0.2, -0.15) is 0 Å². The van der Waals surface area contributed by atoms with Crippen LogP contribution in [-0.4, -0.2) is 27.1 Å². The lowest BCUT2D eigenvalue weighted by atomic mass is 9.97. The molecule has 2 amide bonds. The van der Waals surface area contributed by atoms with Crippen molar-refractivity contribution >= 4 is 45.1 Å². The summed E-state index contributed by atoms with van der Waals surface area (Å²) in [4.78, 5) is 44.3. The Morgan fingerprint density at radius 2 is 2.00 bits per heavy atom. The first-order valence-electron chi connectivity index (χ1n) is 9.76. The zero-order valence-corrected chi connectivity index (χ0v) is 18.0. The average Bonchev–Trinajstić information content (AvgIpc) is 3.13. The summed E-state index contributed by atoms with van der Waals surface area (Å²) in [6.45, 7) is 4.06. The zero-order valence-electron chi connectivity index (χ0n) is 16.3. The standard InChI is InChI=1S/C22H21N3O3S2/c1-2-12-25-21(28)18-15-10-6-7-11-16(15)30-20(18)24-22(25)29-13-17(26)23-19(27)14-8-4-3-5-9-14/h2-5,8-9H,1,6-7,10-13H2,(H,23,26,27). The summed E-state index contributed by atoms with van der Waals surface area (Å²) in [5.41, 5.74) is 1.48. The van der Waals surface area contributed by atoms with E-state index in [9.17, 15) is 14.4 Å². The van der Waals surface area contributed by atoms with Gasteiger partial charge in [-0.1, -0.05) is 36.0 Å². The first kappa shape index (κ1) is 20.6. The molecule has 2 heterocycles. The molecule has 1 N–H and O–H groups in total. The van der Waals surface area contributed by atoms with Crippen LogP contribution in [0.5, 0.6) is 0 Å². The molecule has 0 spiro atoms. The van der Waals surface area contributed by atoms with Crippen molar-refractivity contribution in [3.05, 3.63) is 69.3 Å². The molecule has 154 valence electrons. The molecule has 4 rings (SSSR count). The molecule has 8 heteroatoms. The molecular weight excluding hydrogens is 418 g/mol. The minimum Gasteiger partial charge on any atom is -0.292 e. The van der Waals surface area contributed by atoms with Crippen LogP contribution in [-0.2, 0) is 24.2 Å². The second-order valence-electron chi connectivity index (χ2n) is 7.02. The summed E-state index contributed by atoms with van der Waals surface area (Å²) in [5, 5.41) is 3.56. The van der Waals surface area contributed by atoms with Gasteiger partial charge >= 0.3 is 0 Å². The largest absolute Gasteiger partial charge is 0.292 e. The van der Waals surface area contributed by atoms with Crippen molar-refractivity contribution in [2.24, 2.45) is 0 Å². The number of fused-ring (bicyclic) bond motifs is 3. The van der Waals surface area contributed by atoms with Gasteiger partial charge in [-0.15, -0.1) is 17.9 Å². The van der Waals surface area contributed by atoms with Gasteiger partial charge in [0, 0.05) is 17.0 Å². The molecular formula is C22H21N3O3S2. The average molecular weight is 440 g/mol. The molecule has 30 heavy (non-hydrogen) atoms. The second kappa shape index (κ2) is 8.97. The zero-order chi connectivity index (χ0) is 21.1. The number of benzene rings is 1. The van der Waals surface area contributed by atoms with Gasteiger partial charge < -0.3 is 0 Å². The second-order valence-corrected chi connectivity index (χ2v) is 9.05. The fourth-order valence-corrected chi connectivity index (χ4v) is 5.69. The molecule has 0 radical (unpaired) electrons. The van der Waals surface area contributed by atoms with E-state index < -0.39 is 11.8 Å². The number of amides is 2. The summed E-state index contributed by atoms with van der Waals surface area (Å²) < 4.78 is 1.56. The molecule has 0 saturated heterocycles. The number of nitrogens with zero attached hydrogens (tertiary/aromatic N) is 2. The lowest BCUT2D eigenvalue weighted by molar-refractivity contribution is -0.117. The smallest absolute Gasteiger partial charge is 0.263 e. The van der Waals surface area contributed by atoms with Crippen molar-refractivity contribution in [1.82, 2.24) is 14.9 Å². The number of aryl methyl sites for hydroxylation is 2. The Kier molecular flexibility index (Phi) is 6.15. The highest BCUT2D eigenvalue weighted by Crippen LogP contribution is 2.34. The summed E-state index contributed by atoms with van der Waals surface area (Å²) in [5.74, 6) is -0.892. The van der Waals surface area contributed by atoms with Crippen molar-refractivity contribution in [1.29, 1.82) is 0 Å². The highest BCUT2D eigenvalue weighted by molar-refractivity contribution is 7.99. The number of nitrogens with one attached hydrogen (secondary N) is 1. The van der Waals surface area contributed by atoms with E-state index in [2.05, 4.69) is 11.9 Å². The Hall–Kier alpha value is -2.71. The molecule has 0 unspecified atom stereocenters. The molecule has 2 aromatic heterocycles. The molecule has 0 saturated carbocycles. The number of thiophene rings is 1. The number of rotatable bonds is 6. The van der Waals surface area contributed by atoms with E-state index in [-0.39, 0.29) is 11.3 Å². The highest BCUT2D eigenvalue weighted by atomic mass is 32.2. The van der Waals surface area contributed by atoms with Crippen molar-refractivity contribution in [2.45, 2.75) is 37.4 Å². The van der Waals surface area contributed by atoms with Crippen LogP contribution in [0, 0.1) is 0 Å². The first-order chi connectivity index (χ1) is 14.6. The number of imide groups is 1. The molecule has 0 atom stereocenters. The molecule has 1 aliphatic rings. The molecule has 0 aliphatic heterocycles. The van der Waals surface area contributed by atoms with Crippen LogP contribution in [0.15, 0.2) is 52.9 Å². The predicted molar refractivity (Wildman–Crippen MR) is 120 cm³/mol. The van der Waals surface area contributed by atoms with Crippen LogP contribution in [0.25, 0.3) is 10.2 Å². The first-order valence-corrected chi connectivity index (χ1v) is 11.6. The van der Waals surface area contributed by atoms with E-state index in [1.807, 2.05) is 0 Å². The summed E-state index contributed by atoms with van der Waals surface area (Å²) in [6.07, 6.45) is 5.78. The van der Waals surface area contributed by atoms with E-state index in [1.54, 1.807) is 52.3 Å². The third-order valence-electron chi connectivity index (χ3n) is 4.97. The van der Waals surface area contributed by atoms with Crippen molar-refractivity contribution < 1.29 is 9.59 Å². The highest BCUT2D eigenvalue weighted by Gasteiger charge is 2.22. The third-order valence-corrected chi connectivity index (χ3v) is 7.13. The topological polar surface area (TPSA) is 81.1 Å². The molecule has 3 aromatic rings. The van der Waals surface area contributed by atoms with Gasteiger partial charge in [0.25, 0.3) is 11.5 Å². The van der Waals surface area contributed by atoms with E-state index in [4.69, 9.17) is 4.98 Å². The summed E-state index contributed by atoms with van der Waals surface area (Å²) in [6, 6.07) is 8.57. The van der Waals surface area contributed by atoms with Gasteiger partial charge in [-0.05, 0) is 43.4 Å². The van der Waals surface area contributed by atoms with E-state index >= 15 is 0 Å². The Morgan fingerprint density at radius 3 is 2.77 bits per heavy atom. The van der Waals surface area contributed by atoms with Crippen molar-refractivity contribution in [2.75, 3.05) is 5.75 Å². The van der Waals surface area contributed by atoms with Gasteiger partial charge in [0.15, 0.2) is 5.16 Å². The number of thioether (sulfide) groups is 1. The minimum atomic E-state index is -0.445.